The Kier molecular flexibility index (Phi) is 4.74. The Morgan fingerprint density at radius 2 is 1.36 bits per heavy atom. The van der Waals surface area contributed by atoms with E-state index in [1.54, 1.807) is 0 Å². The summed E-state index contributed by atoms with van der Waals surface area (Å²) in [5.41, 5.74) is 5.96. The maximum Gasteiger partial charge on any atom is 0.00645 e. The number of hydrogen-bond acceptors (Lipinski definition) is 1. The van der Waals surface area contributed by atoms with Crippen molar-refractivity contribution in [3.05, 3.63) is 0 Å². The number of rotatable bonds is 4. The molecule has 0 saturated carbocycles. The second-order valence-corrected chi connectivity index (χ2v) is 4.36. The third kappa shape index (κ3) is 4.41. The van der Waals surface area contributed by atoms with Crippen LogP contribution in [0.15, 0.2) is 0 Å². The van der Waals surface area contributed by atoms with Crippen LogP contribution in [0.1, 0.15) is 41.0 Å². The molecule has 11 heavy (non-hydrogen) atoms. The highest BCUT2D eigenvalue weighted by atomic mass is 14.6. The summed E-state index contributed by atoms with van der Waals surface area (Å²) in [5.74, 6) is 2.14. The van der Waals surface area contributed by atoms with Gasteiger partial charge in [0.2, 0.25) is 0 Å². The molecule has 0 aromatic heterocycles. The molecule has 1 heteroatoms. The van der Waals surface area contributed by atoms with E-state index in [2.05, 4.69) is 34.6 Å². The van der Waals surface area contributed by atoms with Gasteiger partial charge in [-0.1, -0.05) is 34.6 Å². The number of hydrogen-bond donors (Lipinski definition) is 1. The van der Waals surface area contributed by atoms with E-state index < -0.39 is 0 Å². The smallest absolute Gasteiger partial charge is 0.00645 e. The van der Waals surface area contributed by atoms with Crippen molar-refractivity contribution in [2.45, 2.75) is 47.1 Å². The van der Waals surface area contributed by atoms with E-state index in [4.69, 9.17) is 5.73 Å². The largest absolute Gasteiger partial charge is 0.327 e. The first-order chi connectivity index (χ1) is 4.95. The molecule has 2 N–H and O–H groups in total. The Bertz CT molecular complexity index is 85.0. The maximum atomic E-state index is 5.96. The van der Waals surface area contributed by atoms with Crippen LogP contribution in [-0.4, -0.2) is 6.04 Å². The van der Waals surface area contributed by atoms with Crippen LogP contribution in [0.2, 0.25) is 0 Å². The van der Waals surface area contributed by atoms with E-state index >= 15 is 0 Å². The van der Waals surface area contributed by atoms with Crippen LogP contribution in [-0.2, 0) is 0 Å². The molecule has 0 aromatic rings. The van der Waals surface area contributed by atoms with Gasteiger partial charge in [-0.2, -0.15) is 0 Å². The van der Waals surface area contributed by atoms with Gasteiger partial charge in [-0.05, 0) is 24.2 Å². The molecule has 0 radical (unpaired) electrons. The third-order valence-corrected chi connectivity index (χ3v) is 2.64. The van der Waals surface area contributed by atoms with Crippen molar-refractivity contribution >= 4 is 0 Å². The van der Waals surface area contributed by atoms with Gasteiger partial charge in [0, 0.05) is 6.04 Å². The van der Waals surface area contributed by atoms with Gasteiger partial charge in [0.05, 0.1) is 0 Å². The quantitative estimate of drug-likeness (QED) is 0.667. The molecule has 0 saturated heterocycles. The molecule has 0 aromatic carbocycles. The summed E-state index contributed by atoms with van der Waals surface area (Å²) in [4.78, 5) is 0. The summed E-state index contributed by atoms with van der Waals surface area (Å²) in [6.07, 6.45) is 1.16. The first-order valence-corrected chi connectivity index (χ1v) is 4.70. The van der Waals surface area contributed by atoms with Gasteiger partial charge in [-0.3, -0.25) is 0 Å². The average molecular weight is 157 g/mol. The van der Waals surface area contributed by atoms with Crippen LogP contribution in [0.3, 0.4) is 0 Å². The Morgan fingerprint density at radius 1 is 0.909 bits per heavy atom. The van der Waals surface area contributed by atoms with Crippen molar-refractivity contribution in [2.24, 2.45) is 23.5 Å². The first-order valence-electron chi connectivity index (χ1n) is 4.70. The standard InChI is InChI=1S/C10H23N/c1-7(2)9(5)6-10(11)8(3)4/h7-10H,6,11H2,1-5H3. The Balaban J connectivity index is 3.66. The zero-order chi connectivity index (χ0) is 9.02. The Hall–Kier alpha value is -0.0400. The Labute approximate surface area is 71.4 Å². The molecule has 0 fully saturated rings. The minimum Gasteiger partial charge on any atom is -0.327 e. The predicted molar refractivity (Wildman–Crippen MR) is 51.4 cm³/mol. The van der Waals surface area contributed by atoms with E-state index in [1.165, 1.54) is 0 Å². The zero-order valence-corrected chi connectivity index (χ0v) is 8.59. The van der Waals surface area contributed by atoms with Gasteiger partial charge in [-0.25, -0.2) is 0 Å². The molecule has 0 bridgehead atoms. The van der Waals surface area contributed by atoms with E-state index in [1.807, 2.05) is 0 Å². The molecule has 0 rings (SSSR count). The summed E-state index contributed by atoms with van der Waals surface area (Å²) in [5, 5.41) is 0. The lowest BCUT2D eigenvalue weighted by molar-refractivity contribution is 0.324. The molecule has 0 amide bonds. The van der Waals surface area contributed by atoms with Gasteiger partial charge in [0.1, 0.15) is 0 Å². The fourth-order valence-corrected chi connectivity index (χ4v) is 0.974. The molecule has 0 spiro atoms. The predicted octanol–water partition coefficient (Wildman–Crippen LogP) is 2.65. The van der Waals surface area contributed by atoms with Gasteiger partial charge in [0.15, 0.2) is 0 Å². The molecule has 0 heterocycles. The van der Waals surface area contributed by atoms with Gasteiger partial charge in [-0.15, -0.1) is 0 Å². The van der Waals surface area contributed by atoms with Crippen LogP contribution in [0.25, 0.3) is 0 Å². The SMILES string of the molecule is CC(C)C(C)CC(N)C(C)C. The van der Waals surface area contributed by atoms with Crippen LogP contribution >= 0.6 is 0 Å². The van der Waals surface area contributed by atoms with E-state index in [0.29, 0.717) is 12.0 Å². The normalized spacial score (nSPS) is 17.5. The monoisotopic (exact) mass is 157 g/mol. The van der Waals surface area contributed by atoms with Crippen LogP contribution in [0.4, 0.5) is 0 Å². The van der Waals surface area contributed by atoms with E-state index in [9.17, 15) is 0 Å². The Morgan fingerprint density at radius 3 is 1.64 bits per heavy atom. The molecule has 2 unspecified atom stereocenters. The van der Waals surface area contributed by atoms with Crippen LogP contribution in [0.5, 0.6) is 0 Å². The minimum atomic E-state index is 0.382. The summed E-state index contributed by atoms with van der Waals surface area (Å²) >= 11 is 0. The molecule has 68 valence electrons. The zero-order valence-electron chi connectivity index (χ0n) is 8.59. The second kappa shape index (κ2) is 4.76. The van der Waals surface area contributed by atoms with Crippen molar-refractivity contribution in [3.63, 3.8) is 0 Å². The molecule has 0 aliphatic carbocycles. The first kappa shape index (κ1) is 11.0. The molecule has 1 nitrogen and oxygen atoms in total. The second-order valence-electron chi connectivity index (χ2n) is 4.36. The highest BCUT2D eigenvalue weighted by molar-refractivity contribution is 4.70. The molecule has 2 atom stereocenters. The molecule has 0 aliphatic rings. The van der Waals surface area contributed by atoms with Gasteiger partial charge >= 0.3 is 0 Å². The lowest BCUT2D eigenvalue weighted by Gasteiger charge is -2.22. The maximum absolute atomic E-state index is 5.96. The summed E-state index contributed by atoms with van der Waals surface area (Å²) < 4.78 is 0. The van der Waals surface area contributed by atoms with Crippen LogP contribution < -0.4 is 5.73 Å². The third-order valence-electron chi connectivity index (χ3n) is 2.64. The van der Waals surface area contributed by atoms with Crippen molar-refractivity contribution in [1.82, 2.24) is 0 Å². The lowest BCUT2D eigenvalue weighted by Crippen LogP contribution is -2.29. The van der Waals surface area contributed by atoms with Crippen LogP contribution in [0, 0.1) is 17.8 Å². The molecular formula is C10H23N. The topological polar surface area (TPSA) is 26.0 Å². The van der Waals surface area contributed by atoms with Crippen molar-refractivity contribution in [3.8, 4) is 0 Å². The highest BCUT2D eigenvalue weighted by Gasteiger charge is 2.14. The number of nitrogens with two attached hydrogens (primary N) is 1. The molecule has 0 aliphatic heterocycles. The lowest BCUT2D eigenvalue weighted by atomic mass is 9.88. The minimum absolute atomic E-state index is 0.382. The van der Waals surface area contributed by atoms with Crippen molar-refractivity contribution in [1.29, 1.82) is 0 Å². The summed E-state index contributed by atoms with van der Waals surface area (Å²) in [7, 11) is 0. The summed E-state index contributed by atoms with van der Waals surface area (Å²) in [6, 6.07) is 0.382. The fraction of sp³-hybridized carbons (Fsp3) is 1.00. The van der Waals surface area contributed by atoms with Crippen molar-refractivity contribution in [2.75, 3.05) is 0 Å². The van der Waals surface area contributed by atoms with Gasteiger partial charge < -0.3 is 5.73 Å². The van der Waals surface area contributed by atoms with E-state index in [-0.39, 0.29) is 0 Å². The highest BCUT2D eigenvalue weighted by Crippen LogP contribution is 2.18. The van der Waals surface area contributed by atoms with Gasteiger partial charge in [0.25, 0.3) is 0 Å². The van der Waals surface area contributed by atoms with E-state index in [0.717, 1.165) is 18.3 Å². The average Bonchev–Trinajstić information content (AvgIpc) is 1.87. The molecular weight excluding hydrogens is 134 g/mol. The summed E-state index contributed by atoms with van der Waals surface area (Å²) in [6.45, 7) is 11.2. The fourth-order valence-electron chi connectivity index (χ4n) is 0.974. The van der Waals surface area contributed by atoms with Crippen molar-refractivity contribution < 1.29 is 0 Å².